The van der Waals surface area contributed by atoms with Crippen LogP contribution in [0.25, 0.3) is 5.69 Å². The largest absolute Gasteiger partial charge is 0.531 e. The average Bonchev–Trinajstić information content (AvgIpc) is 2.65. The molecular weight excluding hydrogens is 382 g/mol. The summed E-state index contributed by atoms with van der Waals surface area (Å²) in [5, 5.41) is 15.1. The van der Waals surface area contributed by atoms with E-state index >= 15 is 0 Å². The van der Waals surface area contributed by atoms with E-state index in [2.05, 4.69) is 5.10 Å². The molecule has 3 aromatic rings. The Kier molecular flexibility index (Phi) is 4.31. The molecule has 8 heteroatoms. The molecule has 1 N–H and O–H groups in total. The summed E-state index contributed by atoms with van der Waals surface area (Å²) in [6.45, 7) is 3.66. The Balaban J connectivity index is 1.95. The molecule has 0 unspecified atom stereocenters. The lowest BCUT2D eigenvalue weighted by atomic mass is 9.97. The van der Waals surface area contributed by atoms with E-state index in [1.165, 1.54) is 4.68 Å². The lowest BCUT2D eigenvalue weighted by molar-refractivity contribution is 0.0910. The van der Waals surface area contributed by atoms with E-state index in [4.69, 9.17) is 16.4 Å². The third-order valence-electron chi connectivity index (χ3n) is 4.61. The molecule has 0 bridgehead atoms. The number of hydrogen-bond donors (Lipinski definition) is 1. The second-order valence-electron chi connectivity index (χ2n) is 6.57. The van der Waals surface area contributed by atoms with Crippen molar-refractivity contribution in [3.05, 3.63) is 80.2 Å². The van der Waals surface area contributed by atoms with Crippen LogP contribution in [0.15, 0.2) is 47.3 Å². The van der Waals surface area contributed by atoms with Gasteiger partial charge in [-0.3, -0.25) is 4.79 Å². The van der Waals surface area contributed by atoms with Crippen molar-refractivity contribution in [2.45, 2.75) is 20.3 Å². The van der Waals surface area contributed by atoms with E-state index in [9.17, 15) is 14.7 Å². The molecular formula is C20H16ClN3O4. The predicted octanol–water partition coefficient (Wildman–Crippen LogP) is 4.15. The van der Waals surface area contributed by atoms with Crippen LogP contribution >= 0.6 is 11.6 Å². The summed E-state index contributed by atoms with van der Waals surface area (Å²) in [5.74, 6) is 0. The van der Waals surface area contributed by atoms with Gasteiger partial charge in [0, 0.05) is 11.4 Å². The fourth-order valence-corrected chi connectivity index (χ4v) is 3.51. The van der Waals surface area contributed by atoms with Crippen LogP contribution < -0.4 is 10.6 Å². The van der Waals surface area contributed by atoms with Crippen LogP contribution in [0.3, 0.4) is 0 Å². The maximum atomic E-state index is 13.2. The van der Waals surface area contributed by atoms with Gasteiger partial charge in [0.1, 0.15) is 5.69 Å². The first-order valence-electron chi connectivity index (χ1n) is 8.54. The van der Waals surface area contributed by atoms with Gasteiger partial charge in [-0.1, -0.05) is 35.4 Å². The number of halogens is 1. The zero-order valence-electron chi connectivity index (χ0n) is 15.1. The van der Waals surface area contributed by atoms with E-state index < -0.39 is 6.16 Å². The van der Waals surface area contributed by atoms with Crippen molar-refractivity contribution in [3.8, 4) is 5.69 Å². The highest BCUT2D eigenvalue weighted by Crippen LogP contribution is 2.40. The normalized spacial score (nSPS) is 12.3. The smallest absolute Gasteiger partial charge is 0.448 e. The van der Waals surface area contributed by atoms with E-state index in [1.54, 1.807) is 25.1 Å². The summed E-state index contributed by atoms with van der Waals surface area (Å²) in [6, 6.07) is 12.5. The maximum absolute atomic E-state index is 13.2. The number of fused-ring (bicyclic) bond motifs is 2. The lowest BCUT2D eigenvalue weighted by Crippen LogP contribution is -2.35. The SMILES string of the molecule is Cc1ccc(-n2nc(C)c3c(c2=O)Cc2ccc(Cl)cc2N3OC(=O)O)cc1. The Morgan fingerprint density at radius 3 is 2.57 bits per heavy atom. The van der Waals surface area contributed by atoms with Crippen LogP contribution in [0, 0.1) is 13.8 Å². The van der Waals surface area contributed by atoms with Gasteiger partial charge in [-0.25, -0.2) is 4.79 Å². The first-order valence-corrected chi connectivity index (χ1v) is 8.92. The molecule has 0 atom stereocenters. The van der Waals surface area contributed by atoms with E-state index in [0.29, 0.717) is 39.8 Å². The Hall–Kier alpha value is -3.32. The minimum absolute atomic E-state index is 0.315. The molecule has 0 saturated carbocycles. The fraction of sp³-hybridized carbons (Fsp3) is 0.150. The number of nitrogens with zero attached hydrogens (tertiary/aromatic N) is 3. The van der Waals surface area contributed by atoms with E-state index in [1.807, 2.05) is 31.2 Å². The quantitative estimate of drug-likeness (QED) is 0.699. The number of hydrogen-bond acceptors (Lipinski definition) is 5. The predicted molar refractivity (Wildman–Crippen MR) is 105 cm³/mol. The monoisotopic (exact) mass is 397 g/mol. The van der Waals surface area contributed by atoms with Crippen LogP contribution in [0.2, 0.25) is 5.02 Å². The average molecular weight is 398 g/mol. The topological polar surface area (TPSA) is 84.7 Å². The van der Waals surface area contributed by atoms with Crippen LogP contribution in [0.4, 0.5) is 16.2 Å². The standard InChI is InChI=1S/C20H16ClN3O4/c1-11-3-7-15(8-4-11)23-19(25)16-9-13-5-6-14(21)10-17(13)24(28-20(26)27)18(16)12(2)22-23/h3-8,10H,9H2,1-2H3,(H,26,27). The first-order chi connectivity index (χ1) is 13.3. The molecule has 2 heterocycles. The van der Waals surface area contributed by atoms with Crippen molar-refractivity contribution in [3.63, 3.8) is 0 Å². The summed E-state index contributed by atoms with van der Waals surface area (Å²) in [5.41, 5.74) is 3.77. The zero-order valence-corrected chi connectivity index (χ0v) is 15.9. The Morgan fingerprint density at radius 2 is 1.89 bits per heavy atom. The summed E-state index contributed by atoms with van der Waals surface area (Å²) in [7, 11) is 0. The first kappa shape index (κ1) is 18.1. The van der Waals surface area contributed by atoms with Crippen molar-refractivity contribution < 1.29 is 14.7 Å². The molecule has 2 aromatic carbocycles. The van der Waals surface area contributed by atoms with Gasteiger partial charge >= 0.3 is 6.16 Å². The highest BCUT2D eigenvalue weighted by Gasteiger charge is 2.31. The molecule has 0 fully saturated rings. The van der Waals surface area contributed by atoms with Gasteiger partial charge in [-0.05, 0) is 43.7 Å². The molecule has 0 radical (unpaired) electrons. The van der Waals surface area contributed by atoms with E-state index in [0.717, 1.165) is 16.2 Å². The van der Waals surface area contributed by atoms with Crippen LogP contribution in [0.1, 0.15) is 22.4 Å². The second kappa shape index (κ2) is 6.69. The number of benzene rings is 2. The molecule has 28 heavy (non-hydrogen) atoms. The highest BCUT2D eigenvalue weighted by atomic mass is 35.5. The van der Waals surface area contributed by atoms with Crippen molar-refractivity contribution in [2.24, 2.45) is 0 Å². The third-order valence-corrected chi connectivity index (χ3v) is 4.85. The molecule has 1 aliphatic heterocycles. The van der Waals surface area contributed by atoms with Gasteiger partial charge in [-0.2, -0.15) is 14.8 Å². The molecule has 7 nitrogen and oxygen atoms in total. The van der Waals surface area contributed by atoms with Gasteiger partial charge in [0.05, 0.1) is 22.6 Å². The van der Waals surface area contributed by atoms with Crippen molar-refractivity contribution in [2.75, 3.05) is 5.06 Å². The lowest BCUT2D eigenvalue weighted by Gasteiger charge is -2.31. The van der Waals surface area contributed by atoms with Gasteiger partial charge in [0.15, 0.2) is 0 Å². The van der Waals surface area contributed by atoms with E-state index in [-0.39, 0.29) is 5.56 Å². The second-order valence-corrected chi connectivity index (χ2v) is 7.00. The number of carbonyl (C=O) groups is 1. The number of aryl methyl sites for hydroxylation is 2. The summed E-state index contributed by atoms with van der Waals surface area (Å²) >= 11 is 6.08. The summed E-state index contributed by atoms with van der Waals surface area (Å²) in [6.07, 6.45) is -1.18. The van der Waals surface area contributed by atoms with Gasteiger partial charge < -0.3 is 9.94 Å². The molecule has 1 aliphatic rings. The number of aromatic nitrogens is 2. The van der Waals surface area contributed by atoms with Crippen LogP contribution in [-0.4, -0.2) is 21.0 Å². The summed E-state index contributed by atoms with van der Waals surface area (Å²) in [4.78, 5) is 29.5. The molecule has 0 saturated heterocycles. The van der Waals surface area contributed by atoms with Crippen molar-refractivity contribution >= 4 is 29.1 Å². The number of rotatable bonds is 2. The van der Waals surface area contributed by atoms with Gasteiger partial charge in [0.2, 0.25) is 0 Å². The van der Waals surface area contributed by atoms with Crippen LogP contribution in [0.5, 0.6) is 0 Å². The molecule has 0 amide bonds. The maximum Gasteiger partial charge on any atom is 0.531 e. The third kappa shape index (κ3) is 2.99. The summed E-state index contributed by atoms with van der Waals surface area (Å²) < 4.78 is 1.33. The molecule has 0 spiro atoms. The molecule has 142 valence electrons. The molecule has 0 aliphatic carbocycles. The molecule has 1 aromatic heterocycles. The minimum atomic E-state index is -1.50. The molecule has 4 rings (SSSR count). The van der Waals surface area contributed by atoms with Gasteiger partial charge in [-0.15, -0.1) is 0 Å². The van der Waals surface area contributed by atoms with Crippen LogP contribution in [-0.2, 0) is 11.3 Å². The Labute approximate surface area is 165 Å². The van der Waals surface area contributed by atoms with Crippen molar-refractivity contribution in [1.82, 2.24) is 9.78 Å². The Morgan fingerprint density at radius 1 is 1.18 bits per heavy atom. The zero-order chi connectivity index (χ0) is 20.0. The highest BCUT2D eigenvalue weighted by molar-refractivity contribution is 6.30. The number of anilines is 2. The number of carboxylic acid groups (broad SMARTS) is 1. The Bertz CT molecular complexity index is 1160. The minimum Gasteiger partial charge on any atom is -0.448 e. The fourth-order valence-electron chi connectivity index (χ4n) is 3.34. The van der Waals surface area contributed by atoms with Gasteiger partial charge in [0.25, 0.3) is 5.56 Å². The van der Waals surface area contributed by atoms with Crippen molar-refractivity contribution in [1.29, 1.82) is 0 Å².